The minimum absolute atomic E-state index is 0.0472. The molecule has 0 radical (unpaired) electrons. The van der Waals surface area contributed by atoms with E-state index < -0.39 is 16.4 Å². The van der Waals surface area contributed by atoms with Gasteiger partial charge in [0.05, 0.1) is 4.92 Å². The molecule has 104 valence electrons. The average molecular weight is 266 g/mol. The number of carbonyl (C=O) groups is 1. The Morgan fingerprint density at radius 3 is 2.37 bits per heavy atom. The number of nitro groups is 1. The number of rotatable bonds is 6. The van der Waals surface area contributed by atoms with Crippen LogP contribution < -0.4 is 5.32 Å². The first-order valence-electron chi connectivity index (χ1n) is 6.12. The van der Waals surface area contributed by atoms with Gasteiger partial charge >= 0.3 is 5.97 Å². The first-order valence-corrected chi connectivity index (χ1v) is 6.12. The van der Waals surface area contributed by atoms with Gasteiger partial charge in [-0.3, -0.25) is 10.1 Å². The van der Waals surface area contributed by atoms with Gasteiger partial charge in [-0.2, -0.15) is 0 Å². The molecule has 0 fully saturated rings. The number of hydrogen-bond acceptors (Lipinski definition) is 4. The first-order chi connectivity index (χ1) is 8.84. The van der Waals surface area contributed by atoms with Crippen LogP contribution >= 0.6 is 0 Å². The van der Waals surface area contributed by atoms with E-state index in [0.29, 0.717) is 24.1 Å². The third-order valence-corrected chi connectivity index (χ3v) is 3.27. The first kappa shape index (κ1) is 14.9. The predicted molar refractivity (Wildman–Crippen MR) is 72.4 cm³/mol. The van der Waals surface area contributed by atoms with E-state index >= 15 is 0 Å². The third kappa shape index (κ3) is 3.21. The van der Waals surface area contributed by atoms with E-state index in [4.69, 9.17) is 0 Å². The highest BCUT2D eigenvalue weighted by Crippen LogP contribution is 2.26. The maximum Gasteiger partial charge on any atom is 0.329 e. The van der Waals surface area contributed by atoms with Gasteiger partial charge in [0, 0.05) is 17.8 Å². The van der Waals surface area contributed by atoms with Crippen LogP contribution in [0.3, 0.4) is 0 Å². The maximum atomic E-state index is 11.4. The molecular formula is C13H18N2O4. The average Bonchev–Trinajstić information content (AvgIpc) is 2.35. The zero-order chi connectivity index (χ0) is 14.6. The quantitative estimate of drug-likeness (QED) is 0.610. The lowest BCUT2D eigenvalue weighted by Gasteiger charge is -2.29. The van der Waals surface area contributed by atoms with E-state index in [0.717, 1.165) is 0 Å². The van der Waals surface area contributed by atoms with Crippen LogP contribution in [0.25, 0.3) is 0 Å². The normalized spacial score (nSPS) is 11.1. The van der Waals surface area contributed by atoms with E-state index in [1.165, 1.54) is 12.1 Å². The topological polar surface area (TPSA) is 92.5 Å². The fourth-order valence-corrected chi connectivity index (χ4v) is 2.00. The summed E-state index contributed by atoms with van der Waals surface area (Å²) in [5.41, 5.74) is 0.0248. The lowest BCUT2D eigenvalue weighted by atomic mass is 9.92. The van der Waals surface area contributed by atoms with Crippen molar-refractivity contribution < 1.29 is 14.8 Å². The van der Waals surface area contributed by atoms with Gasteiger partial charge in [-0.1, -0.05) is 13.8 Å². The van der Waals surface area contributed by atoms with Gasteiger partial charge in [-0.25, -0.2) is 4.79 Å². The second-order valence-corrected chi connectivity index (χ2v) is 4.53. The molecule has 0 saturated heterocycles. The molecule has 0 aromatic heterocycles. The number of anilines is 1. The Labute approximate surface area is 111 Å². The molecule has 0 aliphatic rings. The van der Waals surface area contributed by atoms with Gasteiger partial charge in [-0.05, 0) is 31.4 Å². The second-order valence-electron chi connectivity index (χ2n) is 4.53. The smallest absolute Gasteiger partial charge is 0.329 e. The lowest BCUT2D eigenvalue weighted by molar-refractivity contribution is -0.384. The summed E-state index contributed by atoms with van der Waals surface area (Å²) in [4.78, 5) is 21.7. The fourth-order valence-electron chi connectivity index (χ4n) is 2.00. The van der Waals surface area contributed by atoms with Crippen molar-refractivity contribution in [3.63, 3.8) is 0 Å². The molecule has 1 aromatic rings. The van der Waals surface area contributed by atoms with E-state index in [2.05, 4.69) is 5.32 Å². The van der Waals surface area contributed by atoms with Crippen LogP contribution in [0.5, 0.6) is 0 Å². The molecule has 1 rings (SSSR count). The van der Waals surface area contributed by atoms with E-state index in [9.17, 15) is 20.0 Å². The molecule has 0 heterocycles. The Hall–Kier alpha value is -2.11. The maximum absolute atomic E-state index is 11.4. The lowest BCUT2D eigenvalue weighted by Crippen LogP contribution is -2.45. The molecule has 6 heteroatoms. The second kappa shape index (κ2) is 5.69. The van der Waals surface area contributed by atoms with E-state index in [-0.39, 0.29) is 5.69 Å². The van der Waals surface area contributed by atoms with Crippen LogP contribution in [0.2, 0.25) is 0 Å². The molecule has 0 saturated carbocycles. The minimum Gasteiger partial charge on any atom is -0.480 e. The Kier molecular flexibility index (Phi) is 4.47. The molecule has 19 heavy (non-hydrogen) atoms. The Balaban J connectivity index is 3.17. The number of carboxylic acid groups (broad SMARTS) is 1. The number of hydrogen-bond donors (Lipinski definition) is 2. The van der Waals surface area contributed by atoms with Gasteiger partial charge in [-0.15, -0.1) is 0 Å². The summed E-state index contributed by atoms with van der Waals surface area (Å²) in [5.74, 6) is -0.957. The van der Waals surface area contributed by atoms with Crippen molar-refractivity contribution in [2.24, 2.45) is 0 Å². The van der Waals surface area contributed by atoms with E-state index in [1.807, 2.05) is 0 Å². The molecule has 0 atom stereocenters. The van der Waals surface area contributed by atoms with Crippen molar-refractivity contribution in [1.29, 1.82) is 0 Å². The van der Waals surface area contributed by atoms with Gasteiger partial charge in [0.15, 0.2) is 0 Å². The van der Waals surface area contributed by atoms with Crippen LogP contribution in [-0.4, -0.2) is 21.5 Å². The SMILES string of the molecule is CCC(CC)(Nc1cc(C)cc([N+](=O)[O-])c1)C(=O)O. The Morgan fingerprint density at radius 1 is 1.37 bits per heavy atom. The summed E-state index contributed by atoms with van der Waals surface area (Å²) in [6, 6.07) is 4.51. The summed E-state index contributed by atoms with van der Waals surface area (Å²) < 4.78 is 0. The molecule has 2 N–H and O–H groups in total. The van der Waals surface area contributed by atoms with Crippen LogP contribution in [0.15, 0.2) is 18.2 Å². The molecule has 0 bridgehead atoms. The molecule has 0 aliphatic heterocycles. The predicted octanol–water partition coefficient (Wildman–Crippen LogP) is 2.96. The largest absolute Gasteiger partial charge is 0.480 e. The molecular weight excluding hydrogens is 248 g/mol. The summed E-state index contributed by atoms with van der Waals surface area (Å²) in [6.07, 6.45) is 0.779. The van der Waals surface area contributed by atoms with Gasteiger partial charge in [0.2, 0.25) is 0 Å². The Bertz CT molecular complexity index is 495. The number of carboxylic acids is 1. The van der Waals surface area contributed by atoms with Crippen LogP contribution in [0.1, 0.15) is 32.3 Å². The van der Waals surface area contributed by atoms with Gasteiger partial charge in [0.25, 0.3) is 5.69 Å². The summed E-state index contributed by atoms with van der Waals surface area (Å²) in [6.45, 7) is 5.28. The molecule has 0 amide bonds. The zero-order valence-corrected chi connectivity index (χ0v) is 11.3. The highest BCUT2D eigenvalue weighted by molar-refractivity contribution is 5.83. The molecule has 0 aliphatic carbocycles. The monoisotopic (exact) mass is 266 g/mol. The zero-order valence-electron chi connectivity index (χ0n) is 11.3. The number of non-ortho nitro benzene ring substituents is 1. The summed E-state index contributed by atoms with van der Waals surface area (Å²) >= 11 is 0. The number of aryl methyl sites for hydroxylation is 1. The van der Waals surface area contributed by atoms with Crippen LogP contribution in [0.4, 0.5) is 11.4 Å². The van der Waals surface area contributed by atoms with Gasteiger partial charge < -0.3 is 10.4 Å². The van der Waals surface area contributed by atoms with Crippen molar-refractivity contribution in [2.45, 2.75) is 39.2 Å². The number of aliphatic carboxylic acids is 1. The molecule has 0 spiro atoms. The molecule has 6 nitrogen and oxygen atoms in total. The van der Waals surface area contributed by atoms with Crippen molar-refractivity contribution in [2.75, 3.05) is 5.32 Å². The van der Waals surface area contributed by atoms with Crippen LogP contribution in [0, 0.1) is 17.0 Å². The number of nitrogens with zero attached hydrogens (tertiary/aromatic N) is 1. The minimum atomic E-state index is -1.10. The number of nitro benzene ring substituents is 1. The number of benzene rings is 1. The fraction of sp³-hybridized carbons (Fsp3) is 0.462. The molecule has 0 unspecified atom stereocenters. The number of nitrogens with one attached hydrogen (secondary N) is 1. The van der Waals surface area contributed by atoms with E-state index in [1.54, 1.807) is 26.8 Å². The Morgan fingerprint density at radius 2 is 1.95 bits per heavy atom. The molecule has 1 aromatic carbocycles. The third-order valence-electron chi connectivity index (χ3n) is 3.27. The van der Waals surface area contributed by atoms with Gasteiger partial charge in [0.1, 0.15) is 5.54 Å². The summed E-state index contributed by atoms with van der Waals surface area (Å²) in [5, 5.41) is 23.1. The van der Waals surface area contributed by atoms with Crippen molar-refractivity contribution in [3.05, 3.63) is 33.9 Å². The highest BCUT2D eigenvalue weighted by atomic mass is 16.6. The van der Waals surface area contributed by atoms with Crippen molar-refractivity contribution in [3.8, 4) is 0 Å². The highest BCUT2D eigenvalue weighted by Gasteiger charge is 2.34. The standard InChI is InChI=1S/C13H18N2O4/c1-4-13(5-2,12(16)17)14-10-6-9(3)7-11(8-10)15(18)19/h6-8,14H,4-5H2,1-3H3,(H,16,17). The van der Waals surface area contributed by atoms with Crippen molar-refractivity contribution >= 4 is 17.3 Å². The van der Waals surface area contributed by atoms with Crippen molar-refractivity contribution in [1.82, 2.24) is 0 Å². The van der Waals surface area contributed by atoms with Crippen LogP contribution in [-0.2, 0) is 4.79 Å². The summed E-state index contributed by atoms with van der Waals surface area (Å²) in [7, 11) is 0.